The Morgan fingerprint density at radius 2 is 2.06 bits per heavy atom. The molecule has 2 nitrogen and oxygen atoms in total. The molecule has 0 radical (unpaired) electrons. The lowest BCUT2D eigenvalue weighted by Crippen LogP contribution is -1.91. The van der Waals surface area contributed by atoms with Crippen molar-refractivity contribution in [1.29, 1.82) is 0 Å². The summed E-state index contributed by atoms with van der Waals surface area (Å²) in [4.78, 5) is 0. The Morgan fingerprint density at radius 3 is 2.56 bits per heavy atom. The minimum Gasteiger partial charge on any atom is -0.497 e. The van der Waals surface area contributed by atoms with E-state index in [1.807, 2.05) is 18.2 Å². The van der Waals surface area contributed by atoms with Crippen molar-refractivity contribution >= 4 is 22.0 Å². The van der Waals surface area contributed by atoms with Crippen LogP contribution in [-0.4, -0.2) is 19.5 Å². The standard InChI is InChI=1S/C13H17BrO2/c1-4-10(9-14)7-11-5-6-12(15-2)8-13(11)16-3/h5-8H,4,9H2,1-3H3. The third-order valence-electron chi connectivity index (χ3n) is 2.43. The number of benzene rings is 1. The summed E-state index contributed by atoms with van der Waals surface area (Å²) in [5.41, 5.74) is 2.42. The zero-order valence-electron chi connectivity index (χ0n) is 9.92. The normalized spacial score (nSPS) is 11.4. The van der Waals surface area contributed by atoms with Crippen molar-refractivity contribution in [2.24, 2.45) is 0 Å². The number of halogens is 1. The topological polar surface area (TPSA) is 18.5 Å². The molecule has 0 N–H and O–H groups in total. The van der Waals surface area contributed by atoms with Crippen LogP contribution in [0.2, 0.25) is 0 Å². The highest BCUT2D eigenvalue weighted by Crippen LogP contribution is 2.27. The number of rotatable bonds is 5. The first-order valence-corrected chi connectivity index (χ1v) is 6.34. The SMILES string of the molecule is CCC(=Cc1ccc(OC)cc1OC)CBr. The van der Waals surface area contributed by atoms with Crippen molar-refractivity contribution in [3.05, 3.63) is 29.3 Å². The quantitative estimate of drug-likeness (QED) is 0.764. The molecule has 0 aliphatic rings. The molecule has 0 bridgehead atoms. The smallest absolute Gasteiger partial charge is 0.129 e. The molecule has 0 aromatic heterocycles. The fraction of sp³-hybridized carbons (Fsp3) is 0.385. The zero-order chi connectivity index (χ0) is 12.0. The predicted molar refractivity (Wildman–Crippen MR) is 71.6 cm³/mol. The Bertz CT molecular complexity index is 366. The van der Waals surface area contributed by atoms with Crippen LogP contribution in [0.5, 0.6) is 11.5 Å². The number of ether oxygens (including phenoxy) is 2. The van der Waals surface area contributed by atoms with Gasteiger partial charge in [0, 0.05) is 17.0 Å². The van der Waals surface area contributed by atoms with Crippen LogP contribution in [0.1, 0.15) is 18.9 Å². The summed E-state index contributed by atoms with van der Waals surface area (Å²) >= 11 is 3.47. The average Bonchev–Trinajstić information content (AvgIpc) is 2.35. The van der Waals surface area contributed by atoms with Crippen LogP contribution in [0.4, 0.5) is 0 Å². The van der Waals surface area contributed by atoms with Gasteiger partial charge in [-0.3, -0.25) is 0 Å². The van der Waals surface area contributed by atoms with Crippen molar-refractivity contribution < 1.29 is 9.47 Å². The molecule has 1 aromatic carbocycles. The van der Waals surface area contributed by atoms with Crippen LogP contribution in [0.25, 0.3) is 6.08 Å². The summed E-state index contributed by atoms with van der Waals surface area (Å²) < 4.78 is 10.5. The van der Waals surface area contributed by atoms with E-state index in [0.717, 1.165) is 28.8 Å². The largest absolute Gasteiger partial charge is 0.497 e. The van der Waals surface area contributed by atoms with Gasteiger partial charge < -0.3 is 9.47 Å². The molecule has 0 atom stereocenters. The molecule has 0 unspecified atom stereocenters. The molecule has 1 aromatic rings. The first kappa shape index (κ1) is 13.1. The molecule has 0 saturated carbocycles. The molecule has 16 heavy (non-hydrogen) atoms. The van der Waals surface area contributed by atoms with E-state index >= 15 is 0 Å². The molecule has 0 saturated heterocycles. The molecule has 3 heteroatoms. The lowest BCUT2D eigenvalue weighted by Gasteiger charge is -2.08. The minimum absolute atomic E-state index is 0.811. The molecule has 0 heterocycles. The van der Waals surface area contributed by atoms with E-state index in [1.54, 1.807) is 14.2 Å². The van der Waals surface area contributed by atoms with Crippen molar-refractivity contribution in [2.45, 2.75) is 13.3 Å². The van der Waals surface area contributed by atoms with Crippen molar-refractivity contribution in [3.8, 4) is 11.5 Å². The summed E-state index contributed by atoms with van der Waals surface area (Å²) in [5.74, 6) is 1.65. The lowest BCUT2D eigenvalue weighted by atomic mass is 10.1. The fourth-order valence-corrected chi connectivity index (χ4v) is 1.95. The van der Waals surface area contributed by atoms with Crippen LogP contribution in [0, 0.1) is 0 Å². The van der Waals surface area contributed by atoms with Gasteiger partial charge in [0.1, 0.15) is 11.5 Å². The van der Waals surface area contributed by atoms with Gasteiger partial charge in [-0.05, 0) is 18.6 Å². The second-order valence-electron chi connectivity index (χ2n) is 3.40. The number of alkyl halides is 1. The first-order chi connectivity index (χ1) is 7.74. The molecular formula is C13H17BrO2. The maximum absolute atomic E-state index is 5.34. The van der Waals surface area contributed by atoms with E-state index in [9.17, 15) is 0 Å². The van der Waals surface area contributed by atoms with Crippen molar-refractivity contribution in [2.75, 3.05) is 19.5 Å². The van der Waals surface area contributed by atoms with E-state index in [4.69, 9.17) is 9.47 Å². The molecule has 0 aliphatic heterocycles. The maximum atomic E-state index is 5.34. The second kappa shape index (κ2) is 6.59. The Labute approximate surface area is 105 Å². The summed E-state index contributed by atoms with van der Waals surface area (Å²) in [5, 5.41) is 0.888. The Kier molecular flexibility index (Phi) is 5.39. The summed E-state index contributed by atoms with van der Waals surface area (Å²) in [6.07, 6.45) is 3.17. The van der Waals surface area contributed by atoms with Gasteiger partial charge in [0.2, 0.25) is 0 Å². The van der Waals surface area contributed by atoms with Crippen LogP contribution in [0.15, 0.2) is 23.8 Å². The summed E-state index contributed by atoms with van der Waals surface area (Å²) in [7, 11) is 3.33. The minimum atomic E-state index is 0.811. The number of hydrogen-bond acceptors (Lipinski definition) is 2. The van der Waals surface area contributed by atoms with E-state index in [2.05, 4.69) is 28.9 Å². The van der Waals surface area contributed by atoms with Crippen molar-refractivity contribution in [3.63, 3.8) is 0 Å². The monoisotopic (exact) mass is 284 g/mol. The number of hydrogen-bond donors (Lipinski definition) is 0. The highest BCUT2D eigenvalue weighted by atomic mass is 79.9. The third-order valence-corrected chi connectivity index (χ3v) is 3.15. The van der Waals surface area contributed by atoms with Gasteiger partial charge in [0.25, 0.3) is 0 Å². The number of allylic oxidation sites excluding steroid dienone is 1. The van der Waals surface area contributed by atoms with Gasteiger partial charge in [0.15, 0.2) is 0 Å². The number of methoxy groups -OCH3 is 2. The van der Waals surface area contributed by atoms with Crippen LogP contribution < -0.4 is 9.47 Å². The maximum Gasteiger partial charge on any atom is 0.129 e. The lowest BCUT2D eigenvalue weighted by molar-refractivity contribution is 0.393. The highest BCUT2D eigenvalue weighted by Gasteiger charge is 2.03. The van der Waals surface area contributed by atoms with Crippen LogP contribution in [-0.2, 0) is 0 Å². The van der Waals surface area contributed by atoms with Gasteiger partial charge in [0.05, 0.1) is 14.2 Å². The Morgan fingerprint density at radius 1 is 1.31 bits per heavy atom. The van der Waals surface area contributed by atoms with E-state index < -0.39 is 0 Å². The molecule has 0 fully saturated rings. The van der Waals surface area contributed by atoms with E-state index in [1.165, 1.54) is 5.57 Å². The van der Waals surface area contributed by atoms with Gasteiger partial charge >= 0.3 is 0 Å². The second-order valence-corrected chi connectivity index (χ2v) is 3.96. The molecule has 88 valence electrons. The third kappa shape index (κ3) is 3.27. The Hall–Kier alpha value is -0.960. The average molecular weight is 285 g/mol. The molecule has 0 amide bonds. The highest BCUT2D eigenvalue weighted by molar-refractivity contribution is 9.09. The van der Waals surface area contributed by atoms with Crippen LogP contribution >= 0.6 is 15.9 Å². The van der Waals surface area contributed by atoms with Crippen LogP contribution in [0.3, 0.4) is 0 Å². The van der Waals surface area contributed by atoms with Gasteiger partial charge in [-0.25, -0.2) is 0 Å². The van der Waals surface area contributed by atoms with Gasteiger partial charge in [-0.2, -0.15) is 0 Å². The van der Waals surface area contributed by atoms with Gasteiger partial charge in [-0.15, -0.1) is 0 Å². The van der Waals surface area contributed by atoms with E-state index in [-0.39, 0.29) is 0 Å². The molecular weight excluding hydrogens is 268 g/mol. The Balaban J connectivity index is 3.08. The fourth-order valence-electron chi connectivity index (χ4n) is 1.39. The van der Waals surface area contributed by atoms with E-state index in [0.29, 0.717) is 0 Å². The first-order valence-electron chi connectivity index (χ1n) is 5.22. The summed E-state index contributed by atoms with van der Waals surface area (Å²) in [6.45, 7) is 2.14. The molecule has 0 aliphatic carbocycles. The summed E-state index contributed by atoms with van der Waals surface area (Å²) in [6, 6.07) is 5.85. The molecule has 1 rings (SSSR count). The van der Waals surface area contributed by atoms with Gasteiger partial charge in [-0.1, -0.05) is 34.5 Å². The van der Waals surface area contributed by atoms with Crippen molar-refractivity contribution in [1.82, 2.24) is 0 Å². The predicted octanol–water partition coefficient (Wildman–Crippen LogP) is 3.89. The zero-order valence-corrected chi connectivity index (χ0v) is 11.5. The molecule has 0 spiro atoms.